The van der Waals surface area contributed by atoms with Gasteiger partial charge < -0.3 is 10.2 Å². The summed E-state index contributed by atoms with van der Waals surface area (Å²) in [7, 11) is 0. The van der Waals surface area contributed by atoms with Crippen LogP contribution in [0.5, 0.6) is 0 Å². The lowest BCUT2D eigenvalue weighted by Gasteiger charge is -2.32. The number of piperidine rings is 1. The summed E-state index contributed by atoms with van der Waals surface area (Å²) in [6.07, 6.45) is 4.16. The first-order valence-corrected chi connectivity index (χ1v) is 10.0. The number of nitrogens with zero attached hydrogens (tertiary/aromatic N) is 4. The van der Waals surface area contributed by atoms with Crippen molar-refractivity contribution in [1.82, 2.24) is 14.6 Å². The number of hydrogen-bond donors (Lipinski definition) is 1. The molecule has 0 saturated carbocycles. The van der Waals surface area contributed by atoms with Crippen LogP contribution in [0, 0.1) is 5.92 Å². The summed E-state index contributed by atoms with van der Waals surface area (Å²) in [4.78, 5) is 19.6. The molecule has 3 aromatic rings. The minimum Gasteiger partial charge on any atom is -0.356 e. The van der Waals surface area contributed by atoms with Gasteiger partial charge in [0.15, 0.2) is 5.65 Å². The molecule has 146 valence electrons. The van der Waals surface area contributed by atoms with Gasteiger partial charge in [-0.25, -0.2) is 4.98 Å². The Kier molecular flexibility index (Phi) is 5.03. The van der Waals surface area contributed by atoms with Gasteiger partial charge in [-0.05, 0) is 42.4 Å². The molecule has 1 N–H and O–H groups in total. The van der Waals surface area contributed by atoms with Gasteiger partial charge in [0.05, 0.1) is 6.20 Å². The summed E-state index contributed by atoms with van der Waals surface area (Å²) >= 11 is 0. The van der Waals surface area contributed by atoms with Gasteiger partial charge in [0.2, 0.25) is 0 Å². The topological polar surface area (TPSA) is 62.5 Å². The van der Waals surface area contributed by atoms with Gasteiger partial charge in [-0.2, -0.15) is 9.61 Å². The van der Waals surface area contributed by atoms with Gasteiger partial charge in [-0.1, -0.05) is 32.9 Å². The van der Waals surface area contributed by atoms with E-state index in [1.807, 2.05) is 40.9 Å². The van der Waals surface area contributed by atoms with Crippen LogP contribution < -0.4 is 10.2 Å². The van der Waals surface area contributed by atoms with Crippen LogP contribution in [0.3, 0.4) is 0 Å². The number of benzene rings is 1. The molecule has 1 atom stereocenters. The van der Waals surface area contributed by atoms with Crippen molar-refractivity contribution in [3.05, 3.63) is 53.7 Å². The van der Waals surface area contributed by atoms with Crippen molar-refractivity contribution in [2.75, 3.05) is 23.3 Å². The number of rotatable bonds is 4. The maximum Gasteiger partial charge on any atom is 0.256 e. The van der Waals surface area contributed by atoms with E-state index in [2.05, 4.69) is 41.1 Å². The molecule has 1 fully saturated rings. The number of carbonyl (C=O) groups is 1. The van der Waals surface area contributed by atoms with E-state index >= 15 is 0 Å². The van der Waals surface area contributed by atoms with Crippen LogP contribution in [0.1, 0.15) is 55.5 Å². The molecule has 0 aliphatic carbocycles. The second kappa shape index (κ2) is 7.62. The first kappa shape index (κ1) is 18.5. The van der Waals surface area contributed by atoms with Gasteiger partial charge >= 0.3 is 0 Å². The Morgan fingerprint density at radius 2 is 2.00 bits per heavy atom. The predicted molar refractivity (Wildman–Crippen MR) is 112 cm³/mol. The number of fused-ring (bicyclic) bond motifs is 1. The van der Waals surface area contributed by atoms with E-state index in [1.54, 1.807) is 6.20 Å². The summed E-state index contributed by atoms with van der Waals surface area (Å²) in [5, 5.41) is 7.38. The highest BCUT2D eigenvalue weighted by Gasteiger charge is 2.20. The molecule has 6 heteroatoms. The molecule has 1 aromatic carbocycles. The van der Waals surface area contributed by atoms with Crippen LogP contribution in [-0.4, -0.2) is 33.6 Å². The molecular weight excluding hydrogens is 350 g/mol. The Balaban J connectivity index is 1.61. The fourth-order valence-electron chi connectivity index (χ4n) is 3.79. The monoisotopic (exact) mass is 377 g/mol. The van der Waals surface area contributed by atoms with Gasteiger partial charge in [0.25, 0.3) is 5.91 Å². The van der Waals surface area contributed by atoms with Gasteiger partial charge in [-0.3, -0.25) is 4.79 Å². The lowest BCUT2D eigenvalue weighted by Crippen LogP contribution is -2.35. The molecule has 0 bridgehead atoms. The van der Waals surface area contributed by atoms with Crippen LogP contribution in [-0.2, 0) is 0 Å². The zero-order valence-corrected chi connectivity index (χ0v) is 16.7. The van der Waals surface area contributed by atoms with E-state index in [4.69, 9.17) is 0 Å². The highest BCUT2D eigenvalue weighted by atomic mass is 16.1. The number of hydrogen-bond acceptors (Lipinski definition) is 4. The first-order chi connectivity index (χ1) is 13.5. The van der Waals surface area contributed by atoms with Crippen LogP contribution in [0.15, 0.2) is 42.6 Å². The number of anilines is 2. The highest BCUT2D eigenvalue weighted by molar-refractivity contribution is 6.04. The predicted octanol–water partition coefficient (Wildman–Crippen LogP) is 4.34. The molecule has 3 heterocycles. The Hall–Kier alpha value is -2.89. The third kappa shape index (κ3) is 3.72. The van der Waals surface area contributed by atoms with Crippen LogP contribution in [0.4, 0.5) is 11.6 Å². The number of amides is 1. The summed E-state index contributed by atoms with van der Waals surface area (Å²) in [6, 6.07) is 11.5. The molecule has 1 aliphatic heterocycles. The lowest BCUT2D eigenvalue weighted by molar-refractivity contribution is 0.102. The van der Waals surface area contributed by atoms with Gasteiger partial charge in [0.1, 0.15) is 11.6 Å². The van der Waals surface area contributed by atoms with E-state index in [1.165, 1.54) is 12.0 Å². The molecule has 1 unspecified atom stereocenters. The van der Waals surface area contributed by atoms with Crippen molar-refractivity contribution in [3.8, 4) is 0 Å². The maximum atomic E-state index is 12.7. The molecule has 6 nitrogen and oxygen atoms in total. The Labute approximate surface area is 165 Å². The number of nitrogens with one attached hydrogen (secondary N) is 1. The fourth-order valence-corrected chi connectivity index (χ4v) is 3.79. The van der Waals surface area contributed by atoms with Crippen molar-refractivity contribution in [1.29, 1.82) is 0 Å². The van der Waals surface area contributed by atoms with Crippen LogP contribution in [0.25, 0.3) is 5.65 Å². The largest absolute Gasteiger partial charge is 0.356 e. The molecule has 1 aliphatic rings. The van der Waals surface area contributed by atoms with Crippen LogP contribution in [0.2, 0.25) is 0 Å². The molecule has 28 heavy (non-hydrogen) atoms. The molecule has 0 radical (unpaired) electrons. The average molecular weight is 377 g/mol. The minimum atomic E-state index is -0.148. The Morgan fingerprint density at radius 1 is 1.21 bits per heavy atom. The van der Waals surface area contributed by atoms with E-state index in [0.29, 0.717) is 23.2 Å². The van der Waals surface area contributed by atoms with Crippen LogP contribution >= 0.6 is 0 Å². The number of carbonyl (C=O) groups excluding carboxylic acids is 1. The smallest absolute Gasteiger partial charge is 0.256 e. The zero-order chi connectivity index (χ0) is 19.7. The van der Waals surface area contributed by atoms with E-state index in [0.717, 1.165) is 31.0 Å². The molecule has 1 saturated heterocycles. The molecule has 4 rings (SSSR count). The molecule has 2 aromatic heterocycles. The van der Waals surface area contributed by atoms with Crippen molar-refractivity contribution in [2.24, 2.45) is 5.92 Å². The maximum absolute atomic E-state index is 12.7. The van der Waals surface area contributed by atoms with Crippen molar-refractivity contribution < 1.29 is 4.79 Å². The molecule has 0 spiro atoms. The van der Waals surface area contributed by atoms with Gasteiger partial charge in [0, 0.05) is 30.8 Å². The summed E-state index contributed by atoms with van der Waals surface area (Å²) < 4.78 is 1.85. The molecular formula is C22H27N5O. The summed E-state index contributed by atoms with van der Waals surface area (Å²) in [5.41, 5.74) is 2.59. The van der Waals surface area contributed by atoms with Gasteiger partial charge in [-0.15, -0.1) is 0 Å². The second-order valence-corrected chi connectivity index (χ2v) is 8.03. The number of aromatic nitrogens is 3. The normalized spacial score (nSPS) is 17.3. The fraction of sp³-hybridized carbons (Fsp3) is 0.409. The summed E-state index contributed by atoms with van der Waals surface area (Å²) in [6.45, 7) is 8.54. The van der Waals surface area contributed by atoms with Crippen molar-refractivity contribution in [2.45, 2.75) is 39.5 Å². The van der Waals surface area contributed by atoms with E-state index in [9.17, 15) is 4.79 Å². The summed E-state index contributed by atoms with van der Waals surface area (Å²) in [5.74, 6) is 2.47. The van der Waals surface area contributed by atoms with Crippen molar-refractivity contribution in [3.63, 3.8) is 0 Å². The molecule has 1 amide bonds. The average Bonchev–Trinajstić information content (AvgIpc) is 3.16. The minimum absolute atomic E-state index is 0.148. The third-order valence-corrected chi connectivity index (χ3v) is 5.40. The first-order valence-electron chi connectivity index (χ1n) is 10.0. The zero-order valence-electron chi connectivity index (χ0n) is 16.7. The second-order valence-electron chi connectivity index (χ2n) is 8.03. The SMILES string of the molecule is CC1CCCN(c2cc(NC(=O)c3ccc(C(C)C)cc3)nc3ccnn23)C1. The Morgan fingerprint density at radius 3 is 2.71 bits per heavy atom. The quantitative estimate of drug-likeness (QED) is 0.735. The van der Waals surface area contributed by atoms with E-state index < -0.39 is 0 Å². The lowest BCUT2D eigenvalue weighted by atomic mass is 10.0. The Bertz CT molecular complexity index is 976. The van der Waals surface area contributed by atoms with E-state index in [-0.39, 0.29) is 5.91 Å². The standard InChI is InChI=1S/C22H27N5O/c1-15(2)17-6-8-18(9-7-17)22(28)25-19-13-21(26-12-4-5-16(3)14-26)27-20(24-19)10-11-23-27/h6-11,13,15-16H,4-5,12,14H2,1-3H3,(H,24,25,28). The highest BCUT2D eigenvalue weighted by Crippen LogP contribution is 2.25. The third-order valence-electron chi connectivity index (χ3n) is 5.40. The van der Waals surface area contributed by atoms with Crippen molar-refractivity contribution >= 4 is 23.2 Å².